The number of hydrogen-bond donors (Lipinski definition) is 2. The van der Waals surface area contributed by atoms with Crippen LogP contribution in [0, 0.1) is 0 Å². The van der Waals surface area contributed by atoms with E-state index in [1.54, 1.807) is 0 Å². The number of thioether (sulfide) groups is 1. The molecule has 0 aliphatic heterocycles. The highest BCUT2D eigenvalue weighted by atomic mass is 32.2. The summed E-state index contributed by atoms with van der Waals surface area (Å²) in [6.45, 7) is -0.0832. The van der Waals surface area contributed by atoms with E-state index >= 15 is 0 Å². The summed E-state index contributed by atoms with van der Waals surface area (Å²) in [4.78, 5) is 0. The molecule has 62 valence electrons. The van der Waals surface area contributed by atoms with Crippen LogP contribution >= 0.6 is 11.8 Å². The van der Waals surface area contributed by atoms with Crippen molar-refractivity contribution in [1.29, 1.82) is 0 Å². The fourth-order valence-electron chi connectivity index (χ4n) is 0.471. The molecule has 5 heteroatoms. The Morgan fingerprint density at radius 1 is 1.80 bits per heavy atom. The zero-order chi connectivity index (χ0) is 7.98. The lowest BCUT2D eigenvalue weighted by Gasteiger charge is -2.05. The van der Waals surface area contributed by atoms with Crippen LogP contribution in [0.4, 0.5) is 0 Å². The summed E-state index contributed by atoms with van der Waals surface area (Å²) in [7, 11) is -0.872. The van der Waals surface area contributed by atoms with Gasteiger partial charge in [-0.05, 0) is 6.26 Å². The fraction of sp³-hybridized carbons (Fsp3) is 1.00. The van der Waals surface area contributed by atoms with Gasteiger partial charge in [-0.15, -0.1) is 0 Å². The summed E-state index contributed by atoms with van der Waals surface area (Å²) in [6.07, 6.45) is 1.89. The summed E-state index contributed by atoms with van der Waals surface area (Å²) in [5, 5.41) is 9.09. The van der Waals surface area contributed by atoms with E-state index in [4.69, 9.17) is 10.8 Å². The molecule has 0 radical (unpaired) electrons. The molecule has 0 aromatic heterocycles. The molecule has 0 rings (SSSR count). The van der Waals surface area contributed by atoms with E-state index in [0.717, 1.165) is 0 Å². The third-order valence-corrected chi connectivity index (χ3v) is 3.68. The quantitative estimate of drug-likeness (QED) is 0.596. The molecule has 0 heterocycles. The normalized spacial score (nSPS) is 16.7. The lowest BCUT2D eigenvalue weighted by Crippen LogP contribution is -2.31. The Hall–Kier alpha value is 0.420. The minimum Gasteiger partial charge on any atom is -0.395 e. The molecular formula is C5H13NO2S2. The van der Waals surface area contributed by atoms with Gasteiger partial charge in [0.15, 0.2) is 0 Å². The summed E-state index contributed by atoms with van der Waals surface area (Å²) in [5.41, 5.74) is 5.35. The first kappa shape index (κ1) is 10.4. The molecular weight excluding hydrogens is 170 g/mol. The third kappa shape index (κ3) is 5.22. The Kier molecular flexibility index (Phi) is 6.41. The Labute approximate surface area is 67.8 Å². The molecule has 0 saturated heterocycles. The number of hydrogen-bond acceptors (Lipinski definition) is 4. The van der Waals surface area contributed by atoms with Crippen molar-refractivity contribution in [1.82, 2.24) is 0 Å². The van der Waals surface area contributed by atoms with Crippen molar-refractivity contribution in [2.75, 3.05) is 23.7 Å². The van der Waals surface area contributed by atoms with Crippen LogP contribution < -0.4 is 5.73 Å². The van der Waals surface area contributed by atoms with Crippen molar-refractivity contribution in [3.05, 3.63) is 0 Å². The number of rotatable bonds is 5. The van der Waals surface area contributed by atoms with E-state index in [-0.39, 0.29) is 12.6 Å². The molecule has 0 aromatic carbocycles. The van der Waals surface area contributed by atoms with E-state index < -0.39 is 10.8 Å². The summed E-state index contributed by atoms with van der Waals surface area (Å²) in [5.74, 6) is 0.400. The summed E-state index contributed by atoms with van der Waals surface area (Å²) >= 11 is 1.52. The zero-order valence-electron chi connectivity index (χ0n) is 5.95. The molecule has 0 saturated carbocycles. The highest BCUT2D eigenvalue weighted by molar-refractivity contribution is 8.09. The Morgan fingerprint density at radius 3 is 2.80 bits per heavy atom. The maximum absolute atomic E-state index is 10.9. The Morgan fingerprint density at radius 2 is 2.40 bits per heavy atom. The monoisotopic (exact) mass is 183 g/mol. The molecule has 1 unspecified atom stereocenters. The van der Waals surface area contributed by atoms with Gasteiger partial charge in [-0.25, -0.2) is 0 Å². The van der Waals surface area contributed by atoms with Crippen LogP contribution in [-0.4, -0.2) is 39.1 Å². The SMILES string of the molecule is CSCS(=O)C[C@H](N)CO. The predicted molar refractivity (Wildman–Crippen MR) is 46.5 cm³/mol. The highest BCUT2D eigenvalue weighted by Crippen LogP contribution is 1.97. The van der Waals surface area contributed by atoms with Crippen molar-refractivity contribution in [2.45, 2.75) is 6.04 Å². The molecule has 0 amide bonds. The lowest BCUT2D eigenvalue weighted by molar-refractivity contribution is 0.275. The first-order chi connectivity index (χ1) is 4.70. The zero-order valence-corrected chi connectivity index (χ0v) is 7.58. The second kappa shape index (κ2) is 6.15. The maximum atomic E-state index is 10.9. The van der Waals surface area contributed by atoms with Gasteiger partial charge in [0.25, 0.3) is 0 Å². The van der Waals surface area contributed by atoms with Crippen LogP contribution in [0.5, 0.6) is 0 Å². The van der Waals surface area contributed by atoms with E-state index in [1.165, 1.54) is 11.8 Å². The number of aliphatic hydroxyl groups excluding tert-OH is 1. The Balaban J connectivity index is 3.37. The molecule has 0 aliphatic carbocycles. The molecule has 0 spiro atoms. The van der Waals surface area contributed by atoms with Gasteiger partial charge in [0, 0.05) is 22.6 Å². The second-order valence-electron chi connectivity index (χ2n) is 1.96. The topological polar surface area (TPSA) is 63.3 Å². The minimum absolute atomic E-state index is 0.0832. The van der Waals surface area contributed by atoms with Crippen molar-refractivity contribution in [3.8, 4) is 0 Å². The molecule has 0 fully saturated rings. The Bertz CT molecular complexity index is 110. The first-order valence-corrected chi connectivity index (χ1v) is 5.79. The predicted octanol–water partition coefficient (Wildman–Crippen LogP) is -0.625. The average molecular weight is 183 g/mol. The van der Waals surface area contributed by atoms with Gasteiger partial charge in [-0.1, -0.05) is 0 Å². The fourth-order valence-corrected chi connectivity index (χ4v) is 2.49. The number of nitrogens with two attached hydrogens (primary N) is 1. The largest absolute Gasteiger partial charge is 0.395 e. The van der Waals surface area contributed by atoms with Crippen molar-refractivity contribution < 1.29 is 9.32 Å². The van der Waals surface area contributed by atoms with Gasteiger partial charge >= 0.3 is 0 Å². The van der Waals surface area contributed by atoms with Crippen LogP contribution in [0.15, 0.2) is 0 Å². The van der Waals surface area contributed by atoms with E-state index in [0.29, 0.717) is 10.8 Å². The van der Waals surface area contributed by atoms with Crippen LogP contribution in [-0.2, 0) is 10.8 Å². The van der Waals surface area contributed by atoms with Crippen LogP contribution in [0.1, 0.15) is 0 Å². The van der Waals surface area contributed by atoms with Crippen molar-refractivity contribution >= 4 is 22.6 Å². The average Bonchev–Trinajstić information content (AvgIpc) is 1.88. The molecule has 3 N–H and O–H groups in total. The van der Waals surface area contributed by atoms with Crippen LogP contribution in [0.2, 0.25) is 0 Å². The molecule has 10 heavy (non-hydrogen) atoms. The minimum atomic E-state index is -0.872. The highest BCUT2D eigenvalue weighted by Gasteiger charge is 2.05. The molecule has 0 aliphatic rings. The standard InChI is InChI=1S/C5H13NO2S2/c1-9-4-10(8)3-5(6)2-7/h5,7H,2-4,6H2,1H3/t5-,10?/m1/s1. The molecule has 2 atom stereocenters. The van der Waals surface area contributed by atoms with Crippen molar-refractivity contribution in [2.24, 2.45) is 5.73 Å². The molecule has 0 bridgehead atoms. The molecule has 0 aromatic rings. The smallest absolute Gasteiger partial charge is 0.0690 e. The van der Waals surface area contributed by atoms with E-state index in [9.17, 15) is 4.21 Å². The van der Waals surface area contributed by atoms with Crippen molar-refractivity contribution in [3.63, 3.8) is 0 Å². The maximum Gasteiger partial charge on any atom is 0.0690 e. The van der Waals surface area contributed by atoms with Gasteiger partial charge in [-0.3, -0.25) is 4.21 Å². The van der Waals surface area contributed by atoms with E-state index in [2.05, 4.69) is 0 Å². The van der Waals surface area contributed by atoms with Gasteiger partial charge in [0.05, 0.1) is 11.7 Å². The van der Waals surface area contributed by atoms with Gasteiger partial charge < -0.3 is 10.8 Å². The van der Waals surface area contributed by atoms with Gasteiger partial charge in [-0.2, -0.15) is 11.8 Å². The molecule has 3 nitrogen and oxygen atoms in total. The summed E-state index contributed by atoms with van der Waals surface area (Å²) < 4.78 is 10.9. The third-order valence-electron chi connectivity index (χ3n) is 0.884. The van der Waals surface area contributed by atoms with Crippen LogP contribution in [0.25, 0.3) is 0 Å². The lowest BCUT2D eigenvalue weighted by atomic mass is 10.4. The van der Waals surface area contributed by atoms with Gasteiger partial charge in [0.2, 0.25) is 0 Å². The second-order valence-corrected chi connectivity index (χ2v) is 4.69. The van der Waals surface area contributed by atoms with Crippen LogP contribution in [0.3, 0.4) is 0 Å². The number of aliphatic hydroxyl groups is 1. The van der Waals surface area contributed by atoms with E-state index in [1.807, 2.05) is 6.26 Å². The summed E-state index contributed by atoms with van der Waals surface area (Å²) in [6, 6.07) is -0.326. The van der Waals surface area contributed by atoms with Gasteiger partial charge in [0.1, 0.15) is 0 Å². The first-order valence-electron chi connectivity index (χ1n) is 2.91.